The zero-order valence-corrected chi connectivity index (χ0v) is 13.7. The molecular formula is C15H17BrO3S. The van der Waals surface area contributed by atoms with Crippen molar-refractivity contribution in [2.45, 2.75) is 26.6 Å². The topological polar surface area (TPSA) is 38.7 Å². The maximum absolute atomic E-state index is 9.37. The van der Waals surface area contributed by atoms with Gasteiger partial charge in [-0.2, -0.15) is 0 Å². The summed E-state index contributed by atoms with van der Waals surface area (Å²) in [5.74, 6) is 1.44. The van der Waals surface area contributed by atoms with E-state index in [-0.39, 0.29) is 6.61 Å². The summed E-state index contributed by atoms with van der Waals surface area (Å²) in [5.41, 5.74) is 0.765. The molecule has 2 rings (SSSR count). The van der Waals surface area contributed by atoms with Gasteiger partial charge in [0.1, 0.15) is 18.1 Å². The molecule has 0 amide bonds. The lowest BCUT2D eigenvalue weighted by Crippen LogP contribution is -2.00. The third-order valence-corrected chi connectivity index (χ3v) is 4.63. The van der Waals surface area contributed by atoms with Gasteiger partial charge < -0.3 is 14.6 Å². The van der Waals surface area contributed by atoms with Gasteiger partial charge in [0.25, 0.3) is 0 Å². The van der Waals surface area contributed by atoms with Crippen LogP contribution in [0.3, 0.4) is 0 Å². The van der Waals surface area contributed by atoms with Crippen molar-refractivity contribution in [1.29, 1.82) is 0 Å². The lowest BCUT2D eigenvalue weighted by atomic mass is 10.2. The Labute approximate surface area is 131 Å². The Kier molecular flexibility index (Phi) is 5.88. The van der Waals surface area contributed by atoms with Crippen molar-refractivity contribution >= 4 is 27.3 Å². The Balaban J connectivity index is 2.09. The van der Waals surface area contributed by atoms with E-state index < -0.39 is 0 Å². The summed E-state index contributed by atoms with van der Waals surface area (Å²) < 4.78 is 12.4. The van der Waals surface area contributed by atoms with E-state index in [1.807, 2.05) is 29.6 Å². The van der Waals surface area contributed by atoms with Crippen molar-refractivity contribution in [2.75, 3.05) is 6.61 Å². The molecule has 0 aliphatic carbocycles. The van der Waals surface area contributed by atoms with Crippen molar-refractivity contribution in [3.8, 4) is 11.5 Å². The number of aliphatic hydroxyl groups excluding tert-OH is 1. The normalized spacial score (nSPS) is 10.6. The van der Waals surface area contributed by atoms with Gasteiger partial charge in [-0.15, -0.1) is 11.3 Å². The average molecular weight is 357 g/mol. The first kappa shape index (κ1) is 15.4. The fraction of sp³-hybridized carbons (Fsp3) is 0.333. The molecule has 5 heteroatoms. The van der Waals surface area contributed by atoms with Crippen LogP contribution in [0.5, 0.6) is 11.5 Å². The maximum atomic E-state index is 9.37. The van der Waals surface area contributed by atoms with Crippen LogP contribution in [0, 0.1) is 0 Å². The fourth-order valence-electron chi connectivity index (χ4n) is 1.68. The van der Waals surface area contributed by atoms with Crippen LogP contribution < -0.4 is 9.47 Å². The molecule has 0 bridgehead atoms. The molecule has 0 aliphatic rings. The highest BCUT2D eigenvalue weighted by molar-refractivity contribution is 9.10. The van der Waals surface area contributed by atoms with Crippen molar-refractivity contribution in [3.05, 3.63) is 44.6 Å². The first-order chi connectivity index (χ1) is 9.74. The largest absolute Gasteiger partial charge is 0.493 e. The minimum atomic E-state index is -0.0466. The van der Waals surface area contributed by atoms with E-state index >= 15 is 0 Å². The molecular weight excluding hydrogens is 340 g/mol. The van der Waals surface area contributed by atoms with Gasteiger partial charge in [-0.3, -0.25) is 0 Å². The van der Waals surface area contributed by atoms with Gasteiger partial charge in [0.2, 0.25) is 0 Å². The number of halogens is 1. The number of rotatable bonds is 7. The molecule has 20 heavy (non-hydrogen) atoms. The van der Waals surface area contributed by atoms with Crippen LogP contribution in [0.2, 0.25) is 0 Å². The van der Waals surface area contributed by atoms with Gasteiger partial charge in [-0.25, -0.2) is 0 Å². The highest BCUT2D eigenvalue weighted by Crippen LogP contribution is 2.28. The second kappa shape index (κ2) is 7.67. The van der Waals surface area contributed by atoms with Gasteiger partial charge in [-0.05, 0) is 45.9 Å². The third-order valence-electron chi connectivity index (χ3n) is 2.73. The summed E-state index contributed by atoms with van der Waals surface area (Å²) in [7, 11) is 0. The average Bonchev–Trinajstić information content (AvgIpc) is 2.88. The van der Waals surface area contributed by atoms with E-state index in [1.54, 1.807) is 11.3 Å². The van der Waals surface area contributed by atoms with E-state index in [0.29, 0.717) is 19.0 Å². The SMILES string of the molecule is CCCOc1ccc(CO)c(OCc2sccc2Br)c1. The molecule has 0 saturated heterocycles. The van der Waals surface area contributed by atoms with Crippen LogP contribution in [0.4, 0.5) is 0 Å². The monoisotopic (exact) mass is 356 g/mol. The molecule has 1 aromatic carbocycles. The number of hydrogen-bond acceptors (Lipinski definition) is 4. The van der Waals surface area contributed by atoms with Crippen LogP contribution in [-0.4, -0.2) is 11.7 Å². The second-order valence-electron chi connectivity index (χ2n) is 4.26. The Morgan fingerprint density at radius 1 is 1.25 bits per heavy atom. The molecule has 0 atom stereocenters. The summed E-state index contributed by atoms with van der Waals surface area (Å²) in [5, 5.41) is 11.4. The number of benzene rings is 1. The zero-order chi connectivity index (χ0) is 14.4. The van der Waals surface area contributed by atoms with E-state index in [9.17, 15) is 5.11 Å². The molecule has 0 aliphatic heterocycles. The smallest absolute Gasteiger partial charge is 0.129 e. The van der Waals surface area contributed by atoms with Crippen LogP contribution in [0.25, 0.3) is 0 Å². The molecule has 1 aromatic heterocycles. The molecule has 0 fully saturated rings. The van der Waals surface area contributed by atoms with Crippen LogP contribution in [0.1, 0.15) is 23.8 Å². The molecule has 2 aromatic rings. The van der Waals surface area contributed by atoms with Gasteiger partial charge in [0, 0.05) is 16.1 Å². The predicted octanol–water partition coefficient (Wildman–Crippen LogP) is 4.37. The highest BCUT2D eigenvalue weighted by Gasteiger charge is 2.08. The number of hydrogen-bond donors (Lipinski definition) is 1. The van der Waals surface area contributed by atoms with E-state index in [0.717, 1.165) is 27.1 Å². The molecule has 108 valence electrons. The van der Waals surface area contributed by atoms with Crippen molar-refractivity contribution in [1.82, 2.24) is 0 Å². The molecule has 0 saturated carbocycles. The fourth-order valence-corrected chi connectivity index (χ4v) is 3.06. The Morgan fingerprint density at radius 3 is 2.75 bits per heavy atom. The number of ether oxygens (including phenoxy) is 2. The highest BCUT2D eigenvalue weighted by atomic mass is 79.9. The van der Waals surface area contributed by atoms with Crippen molar-refractivity contribution in [2.24, 2.45) is 0 Å². The Bertz CT molecular complexity index is 554. The number of aliphatic hydroxyl groups is 1. The number of thiophene rings is 1. The van der Waals surface area contributed by atoms with E-state index in [2.05, 4.69) is 22.9 Å². The predicted molar refractivity (Wildman–Crippen MR) is 84.5 cm³/mol. The summed E-state index contributed by atoms with van der Waals surface area (Å²) >= 11 is 5.12. The zero-order valence-electron chi connectivity index (χ0n) is 11.3. The van der Waals surface area contributed by atoms with E-state index in [4.69, 9.17) is 9.47 Å². The maximum Gasteiger partial charge on any atom is 0.129 e. The van der Waals surface area contributed by atoms with Crippen LogP contribution >= 0.6 is 27.3 Å². The summed E-state index contributed by atoms with van der Waals surface area (Å²) in [6.45, 7) is 3.17. The molecule has 1 heterocycles. The van der Waals surface area contributed by atoms with Crippen molar-refractivity contribution in [3.63, 3.8) is 0 Å². The standard InChI is InChI=1S/C15H17BrO3S/c1-2-6-18-12-4-3-11(9-17)14(8-12)19-10-15-13(16)5-7-20-15/h3-5,7-8,17H,2,6,9-10H2,1H3. The van der Waals surface area contributed by atoms with Crippen LogP contribution in [-0.2, 0) is 13.2 Å². The summed E-state index contributed by atoms with van der Waals surface area (Å²) in [6, 6.07) is 7.53. The first-order valence-corrected chi connectivity index (χ1v) is 8.13. The van der Waals surface area contributed by atoms with Crippen molar-refractivity contribution < 1.29 is 14.6 Å². The quantitative estimate of drug-likeness (QED) is 0.800. The summed E-state index contributed by atoms with van der Waals surface area (Å²) in [6.07, 6.45) is 0.958. The van der Waals surface area contributed by atoms with Crippen LogP contribution in [0.15, 0.2) is 34.1 Å². The summed E-state index contributed by atoms with van der Waals surface area (Å²) in [4.78, 5) is 1.12. The second-order valence-corrected chi connectivity index (χ2v) is 6.11. The van der Waals surface area contributed by atoms with Gasteiger partial charge in [0.15, 0.2) is 0 Å². The lowest BCUT2D eigenvalue weighted by Gasteiger charge is -2.12. The van der Waals surface area contributed by atoms with E-state index in [1.165, 1.54) is 0 Å². The first-order valence-electron chi connectivity index (χ1n) is 6.45. The molecule has 0 unspecified atom stereocenters. The molecule has 3 nitrogen and oxygen atoms in total. The minimum Gasteiger partial charge on any atom is -0.493 e. The molecule has 0 radical (unpaired) electrons. The Hall–Kier alpha value is -1.04. The lowest BCUT2D eigenvalue weighted by molar-refractivity contribution is 0.257. The van der Waals surface area contributed by atoms with Gasteiger partial charge in [-0.1, -0.05) is 6.92 Å². The minimum absolute atomic E-state index is 0.0466. The molecule has 1 N–H and O–H groups in total. The van der Waals surface area contributed by atoms with Gasteiger partial charge >= 0.3 is 0 Å². The Morgan fingerprint density at radius 2 is 2.10 bits per heavy atom. The molecule has 0 spiro atoms. The third kappa shape index (κ3) is 3.98. The van der Waals surface area contributed by atoms with Gasteiger partial charge in [0.05, 0.1) is 18.1 Å².